The first-order chi connectivity index (χ1) is 12.8. The molecule has 1 aliphatic carbocycles. The van der Waals surface area contributed by atoms with Crippen molar-refractivity contribution in [3.8, 4) is 11.1 Å². The molecule has 0 aromatic heterocycles. The summed E-state index contributed by atoms with van der Waals surface area (Å²) in [6.07, 6.45) is 0.863. The lowest BCUT2D eigenvalue weighted by Gasteiger charge is -2.11. The topological polar surface area (TPSA) is 0 Å². The first kappa shape index (κ1) is 19.3. The molecule has 3 rings (SSSR count). The fraction of sp³-hybridized carbons (Fsp3) is 0.238. The van der Waals surface area contributed by atoms with Crippen LogP contribution in [0.5, 0.6) is 0 Å². The van der Waals surface area contributed by atoms with E-state index < -0.39 is 29.3 Å². The number of halogens is 6. The lowest BCUT2D eigenvalue weighted by Crippen LogP contribution is -2.01. The minimum atomic E-state index is -1.89. The summed E-state index contributed by atoms with van der Waals surface area (Å²) in [6, 6.07) is 2.81. The average Bonchev–Trinajstić information content (AvgIpc) is 2.99. The molecular formula is C21H16F6. The summed E-state index contributed by atoms with van der Waals surface area (Å²) in [6.45, 7) is 3.54. The van der Waals surface area contributed by atoms with Gasteiger partial charge in [0.05, 0.1) is 0 Å². The maximum atomic E-state index is 14.6. The molecule has 0 unspecified atom stereocenters. The molecule has 142 valence electrons. The van der Waals surface area contributed by atoms with Crippen LogP contribution < -0.4 is 0 Å². The molecule has 27 heavy (non-hydrogen) atoms. The van der Waals surface area contributed by atoms with Crippen LogP contribution in [0.3, 0.4) is 0 Å². The largest absolute Gasteiger partial charge is 0.266 e. The highest BCUT2D eigenvalue weighted by atomic mass is 19.3. The summed E-state index contributed by atoms with van der Waals surface area (Å²) in [7, 11) is 0. The third kappa shape index (κ3) is 3.53. The van der Waals surface area contributed by atoms with Gasteiger partial charge in [-0.25, -0.2) is 17.6 Å². The molecule has 0 amide bonds. The number of hydrogen-bond acceptors (Lipinski definition) is 0. The normalized spacial score (nSPS) is 11.9. The number of aryl methyl sites for hydroxylation is 2. The van der Waals surface area contributed by atoms with E-state index in [0.29, 0.717) is 23.6 Å². The molecule has 0 bridgehead atoms. The molecule has 0 heterocycles. The maximum absolute atomic E-state index is 14.6. The van der Waals surface area contributed by atoms with Gasteiger partial charge >= 0.3 is 0 Å². The molecule has 0 nitrogen and oxygen atoms in total. The highest BCUT2D eigenvalue weighted by molar-refractivity contribution is 5.79. The predicted molar refractivity (Wildman–Crippen MR) is 91.7 cm³/mol. The van der Waals surface area contributed by atoms with Crippen molar-refractivity contribution in [1.82, 2.24) is 0 Å². The van der Waals surface area contributed by atoms with Crippen LogP contribution in [0, 0.1) is 23.3 Å². The van der Waals surface area contributed by atoms with Crippen molar-refractivity contribution in [2.24, 2.45) is 0 Å². The molecule has 0 spiro atoms. The molecule has 1 aliphatic rings. The van der Waals surface area contributed by atoms with Gasteiger partial charge in [0, 0.05) is 11.1 Å². The Bertz CT molecular complexity index is 939. The lowest BCUT2D eigenvalue weighted by molar-refractivity contribution is 0.417. The van der Waals surface area contributed by atoms with Gasteiger partial charge in [0.2, 0.25) is 0 Å². The first-order valence-corrected chi connectivity index (χ1v) is 8.47. The second-order valence-electron chi connectivity index (χ2n) is 6.43. The second kappa shape index (κ2) is 7.62. The second-order valence-corrected chi connectivity index (χ2v) is 6.43. The molecule has 0 N–H and O–H groups in total. The zero-order valence-corrected chi connectivity index (χ0v) is 14.3. The van der Waals surface area contributed by atoms with Crippen molar-refractivity contribution in [3.05, 3.63) is 82.5 Å². The van der Waals surface area contributed by atoms with Gasteiger partial charge in [0.1, 0.15) is 0 Å². The van der Waals surface area contributed by atoms with E-state index in [4.69, 9.17) is 0 Å². The Kier molecular flexibility index (Phi) is 5.44. The van der Waals surface area contributed by atoms with E-state index >= 15 is 0 Å². The molecule has 0 fully saturated rings. The summed E-state index contributed by atoms with van der Waals surface area (Å²) in [4.78, 5) is 0. The molecule has 2 aromatic carbocycles. The van der Waals surface area contributed by atoms with Gasteiger partial charge in [0.25, 0.3) is 6.08 Å². The van der Waals surface area contributed by atoms with Gasteiger partial charge in [-0.3, -0.25) is 0 Å². The number of hydrogen-bond donors (Lipinski definition) is 0. The van der Waals surface area contributed by atoms with E-state index in [1.54, 1.807) is 6.08 Å². The fourth-order valence-corrected chi connectivity index (χ4v) is 3.46. The summed E-state index contributed by atoms with van der Waals surface area (Å²) < 4.78 is 82.1. The van der Waals surface area contributed by atoms with Gasteiger partial charge in [-0.1, -0.05) is 18.2 Å². The molecule has 0 saturated carbocycles. The van der Waals surface area contributed by atoms with E-state index in [1.807, 2.05) is 0 Å². The highest BCUT2D eigenvalue weighted by Crippen LogP contribution is 2.43. The minimum Gasteiger partial charge on any atom is -0.203 e. The first-order valence-electron chi connectivity index (χ1n) is 8.47. The Morgan fingerprint density at radius 1 is 0.815 bits per heavy atom. The number of rotatable bonds is 6. The summed E-state index contributed by atoms with van der Waals surface area (Å²) in [5, 5.41) is 0. The zero-order valence-electron chi connectivity index (χ0n) is 14.3. The third-order valence-electron chi connectivity index (χ3n) is 4.69. The van der Waals surface area contributed by atoms with Crippen LogP contribution in [0.25, 0.3) is 11.1 Å². The summed E-state index contributed by atoms with van der Waals surface area (Å²) >= 11 is 0. The van der Waals surface area contributed by atoms with Crippen LogP contribution in [-0.2, 0) is 19.3 Å². The Morgan fingerprint density at radius 2 is 1.30 bits per heavy atom. The SMILES string of the molecule is C=CCCc1cc2c(c(F)c1F)-c1c(cc(CCC=C(F)F)c(F)c1F)C2. The van der Waals surface area contributed by atoms with Crippen molar-refractivity contribution in [3.63, 3.8) is 0 Å². The molecular weight excluding hydrogens is 366 g/mol. The van der Waals surface area contributed by atoms with Crippen molar-refractivity contribution in [2.45, 2.75) is 32.1 Å². The van der Waals surface area contributed by atoms with E-state index in [0.717, 1.165) is 0 Å². The van der Waals surface area contributed by atoms with Crippen LogP contribution in [0.1, 0.15) is 35.1 Å². The fourth-order valence-electron chi connectivity index (χ4n) is 3.46. The van der Waals surface area contributed by atoms with Crippen LogP contribution >= 0.6 is 0 Å². The Labute approximate surface area is 152 Å². The molecule has 0 aliphatic heterocycles. The Morgan fingerprint density at radius 3 is 1.74 bits per heavy atom. The minimum absolute atomic E-state index is 0.0654. The van der Waals surface area contributed by atoms with Crippen LogP contribution in [0.2, 0.25) is 0 Å². The lowest BCUT2D eigenvalue weighted by atomic mass is 9.97. The van der Waals surface area contributed by atoms with Gasteiger partial charge < -0.3 is 0 Å². The van der Waals surface area contributed by atoms with Crippen LogP contribution in [0.4, 0.5) is 26.3 Å². The number of benzene rings is 2. The van der Waals surface area contributed by atoms with Crippen molar-refractivity contribution in [2.75, 3.05) is 0 Å². The van der Waals surface area contributed by atoms with E-state index in [1.165, 1.54) is 12.1 Å². The number of allylic oxidation sites excluding steroid dienone is 2. The predicted octanol–water partition coefficient (Wildman–Crippen LogP) is 6.65. The highest BCUT2D eigenvalue weighted by Gasteiger charge is 2.31. The average molecular weight is 382 g/mol. The van der Waals surface area contributed by atoms with Gasteiger partial charge in [0.15, 0.2) is 23.3 Å². The monoisotopic (exact) mass is 382 g/mol. The van der Waals surface area contributed by atoms with E-state index in [-0.39, 0.29) is 47.9 Å². The number of fused-ring (bicyclic) bond motifs is 3. The summed E-state index contributed by atoms with van der Waals surface area (Å²) in [5.41, 5.74) is 0.247. The molecule has 6 heteroatoms. The van der Waals surface area contributed by atoms with Gasteiger partial charge in [-0.2, -0.15) is 8.78 Å². The molecule has 0 saturated heterocycles. The Balaban J connectivity index is 2.05. The van der Waals surface area contributed by atoms with Crippen molar-refractivity contribution < 1.29 is 26.3 Å². The summed E-state index contributed by atoms with van der Waals surface area (Å²) in [5.74, 6) is -4.76. The zero-order chi connectivity index (χ0) is 19.7. The van der Waals surface area contributed by atoms with Crippen molar-refractivity contribution in [1.29, 1.82) is 0 Å². The third-order valence-corrected chi connectivity index (χ3v) is 4.69. The van der Waals surface area contributed by atoms with Crippen LogP contribution in [0.15, 0.2) is 36.9 Å². The smallest absolute Gasteiger partial charge is 0.203 e. The van der Waals surface area contributed by atoms with Crippen LogP contribution in [-0.4, -0.2) is 0 Å². The molecule has 2 aromatic rings. The maximum Gasteiger partial charge on any atom is 0.266 e. The quantitative estimate of drug-likeness (QED) is 0.331. The standard InChI is InChI=1S/C21H16F6/c1-2-3-5-11-8-13-10-14-9-12(6-4-7-15(22)23)19(25)21(27)17(14)16(13)20(26)18(11)24/h2,7-9H,1,3-6,10H2. The molecule has 0 radical (unpaired) electrons. The molecule has 0 atom stereocenters. The van der Waals surface area contributed by atoms with Gasteiger partial charge in [-0.15, -0.1) is 6.58 Å². The van der Waals surface area contributed by atoms with Crippen molar-refractivity contribution >= 4 is 0 Å². The van der Waals surface area contributed by atoms with E-state index in [2.05, 4.69) is 6.58 Å². The Hall–Kier alpha value is -2.50. The van der Waals surface area contributed by atoms with E-state index in [9.17, 15) is 26.3 Å². The van der Waals surface area contributed by atoms with Gasteiger partial charge in [-0.05, 0) is 60.4 Å².